The topological polar surface area (TPSA) is 46.2 Å². The first-order chi connectivity index (χ1) is 6.43. The largest absolute Gasteiger partial charge is 0.355 e. The Bertz CT molecular complexity index is 421. The Morgan fingerprint density at radius 2 is 1.86 bits per heavy atom. The normalized spacial score (nSPS) is 11.7. The zero-order valence-electron chi connectivity index (χ0n) is 6.75. The number of anilines is 1. The molecule has 0 bridgehead atoms. The minimum atomic E-state index is -4.56. The molecule has 0 aliphatic heterocycles. The number of hydrogen-bond donors (Lipinski definition) is 1. The van der Waals surface area contributed by atoms with Gasteiger partial charge in [0.25, 0.3) is 10.0 Å². The standard InChI is InChI=1S/C7H6F2INO2S/c8-7(9)14(12,13)11-6-4-2-1-3-5(6)10/h1-4,7,11H. The lowest BCUT2D eigenvalue weighted by molar-refractivity contribution is 0.236. The molecule has 0 aliphatic rings. The molecule has 0 aromatic heterocycles. The maximum atomic E-state index is 12.0. The molecule has 0 amide bonds. The highest BCUT2D eigenvalue weighted by atomic mass is 127. The second-order valence-electron chi connectivity index (χ2n) is 2.39. The van der Waals surface area contributed by atoms with Crippen LogP contribution in [-0.4, -0.2) is 14.2 Å². The van der Waals surface area contributed by atoms with Gasteiger partial charge in [0.15, 0.2) is 0 Å². The quantitative estimate of drug-likeness (QED) is 0.863. The van der Waals surface area contributed by atoms with Gasteiger partial charge in [-0.25, -0.2) is 8.42 Å². The number of sulfonamides is 1. The lowest BCUT2D eigenvalue weighted by atomic mass is 10.3. The van der Waals surface area contributed by atoms with Gasteiger partial charge in [-0.1, -0.05) is 12.1 Å². The van der Waals surface area contributed by atoms with E-state index in [9.17, 15) is 17.2 Å². The van der Waals surface area contributed by atoms with Gasteiger partial charge in [0.2, 0.25) is 0 Å². The van der Waals surface area contributed by atoms with Gasteiger partial charge in [-0.05, 0) is 34.7 Å². The molecule has 0 heterocycles. The van der Waals surface area contributed by atoms with Gasteiger partial charge in [0.05, 0.1) is 5.69 Å². The van der Waals surface area contributed by atoms with E-state index >= 15 is 0 Å². The first-order valence-corrected chi connectivity index (χ1v) is 6.10. The summed E-state index contributed by atoms with van der Waals surface area (Å²) in [5.74, 6) is -3.42. The first-order valence-electron chi connectivity index (χ1n) is 3.48. The average Bonchev–Trinajstić information content (AvgIpc) is 2.08. The van der Waals surface area contributed by atoms with Crippen molar-refractivity contribution in [3.63, 3.8) is 0 Å². The van der Waals surface area contributed by atoms with Gasteiger partial charge >= 0.3 is 5.76 Å². The number of alkyl halides is 2. The summed E-state index contributed by atoms with van der Waals surface area (Å²) < 4.78 is 47.9. The number of nitrogens with one attached hydrogen (secondary N) is 1. The Hall–Kier alpha value is -0.440. The lowest BCUT2D eigenvalue weighted by Gasteiger charge is -2.07. The molecular weight excluding hydrogens is 327 g/mol. The monoisotopic (exact) mass is 333 g/mol. The van der Waals surface area contributed by atoms with E-state index in [1.54, 1.807) is 22.9 Å². The highest BCUT2D eigenvalue weighted by molar-refractivity contribution is 14.1. The molecular formula is C7H6F2INO2S. The Morgan fingerprint density at radius 1 is 1.29 bits per heavy atom. The fraction of sp³-hybridized carbons (Fsp3) is 0.143. The van der Waals surface area contributed by atoms with Crippen LogP contribution in [0.2, 0.25) is 0 Å². The fourth-order valence-electron chi connectivity index (χ4n) is 0.742. The van der Waals surface area contributed by atoms with E-state index < -0.39 is 15.8 Å². The van der Waals surface area contributed by atoms with Crippen LogP contribution in [0, 0.1) is 3.57 Å². The van der Waals surface area contributed by atoms with E-state index in [0.29, 0.717) is 3.57 Å². The minimum absolute atomic E-state index is 0.161. The molecule has 1 aromatic carbocycles. The highest BCUT2D eigenvalue weighted by Gasteiger charge is 2.24. The zero-order valence-corrected chi connectivity index (χ0v) is 9.72. The molecule has 1 aromatic rings. The minimum Gasteiger partial charge on any atom is -0.278 e. The van der Waals surface area contributed by atoms with Crippen LogP contribution in [0.1, 0.15) is 0 Å². The molecule has 0 spiro atoms. The third-order valence-electron chi connectivity index (χ3n) is 1.36. The molecule has 14 heavy (non-hydrogen) atoms. The molecule has 3 nitrogen and oxygen atoms in total. The van der Waals surface area contributed by atoms with Crippen molar-refractivity contribution in [2.24, 2.45) is 0 Å². The Morgan fingerprint density at radius 3 is 2.36 bits per heavy atom. The van der Waals surface area contributed by atoms with Crippen LogP contribution < -0.4 is 4.72 Å². The van der Waals surface area contributed by atoms with Crippen molar-refractivity contribution in [1.29, 1.82) is 0 Å². The number of benzene rings is 1. The summed E-state index contributed by atoms with van der Waals surface area (Å²) >= 11 is 1.85. The number of para-hydroxylation sites is 1. The van der Waals surface area contributed by atoms with Crippen LogP contribution in [-0.2, 0) is 10.0 Å². The summed E-state index contributed by atoms with van der Waals surface area (Å²) in [6, 6.07) is 6.28. The van der Waals surface area contributed by atoms with E-state index in [2.05, 4.69) is 0 Å². The van der Waals surface area contributed by atoms with Crippen molar-refractivity contribution in [2.45, 2.75) is 5.76 Å². The van der Waals surface area contributed by atoms with Crippen molar-refractivity contribution in [2.75, 3.05) is 4.72 Å². The van der Waals surface area contributed by atoms with Crippen LogP contribution in [0.5, 0.6) is 0 Å². The Kier molecular flexibility index (Phi) is 3.65. The van der Waals surface area contributed by atoms with Gasteiger partial charge < -0.3 is 0 Å². The maximum absolute atomic E-state index is 12.0. The van der Waals surface area contributed by atoms with Gasteiger partial charge in [-0.15, -0.1) is 0 Å². The van der Waals surface area contributed by atoms with Crippen molar-refractivity contribution in [3.8, 4) is 0 Å². The van der Waals surface area contributed by atoms with E-state index in [-0.39, 0.29) is 5.69 Å². The van der Waals surface area contributed by atoms with E-state index in [1.165, 1.54) is 6.07 Å². The van der Waals surface area contributed by atoms with E-state index in [4.69, 9.17) is 0 Å². The maximum Gasteiger partial charge on any atom is 0.355 e. The Balaban J connectivity index is 2.96. The van der Waals surface area contributed by atoms with Crippen molar-refractivity contribution >= 4 is 38.3 Å². The van der Waals surface area contributed by atoms with Crippen LogP contribution in [0.3, 0.4) is 0 Å². The second kappa shape index (κ2) is 4.39. The summed E-state index contributed by atoms with van der Waals surface area (Å²) in [6.07, 6.45) is 0. The molecule has 1 N–H and O–H groups in total. The number of hydrogen-bond acceptors (Lipinski definition) is 2. The molecule has 0 radical (unpaired) electrons. The summed E-state index contributed by atoms with van der Waals surface area (Å²) in [6.45, 7) is 0. The zero-order chi connectivity index (χ0) is 10.8. The highest BCUT2D eigenvalue weighted by Crippen LogP contribution is 2.20. The van der Waals surface area contributed by atoms with Gasteiger partial charge in [-0.2, -0.15) is 8.78 Å². The molecule has 0 unspecified atom stereocenters. The molecule has 78 valence electrons. The Labute approximate surface area is 93.7 Å². The van der Waals surface area contributed by atoms with Crippen LogP contribution in [0.15, 0.2) is 24.3 Å². The number of halogens is 3. The molecule has 0 saturated heterocycles. The molecule has 0 aliphatic carbocycles. The summed E-state index contributed by atoms with van der Waals surface area (Å²) in [5, 5.41) is 0. The summed E-state index contributed by atoms with van der Waals surface area (Å²) in [5.41, 5.74) is 0.161. The SMILES string of the molecule is O=S(=O)(Nc1ccccc1I)C(F)F. The molecule has 0 fully saturated rings. The van der Waals surface area contributed by atoms with E-state index in [0.717, 1.165) is 0 Å². The van der Waals surface area contributed by atoms with Crippen LogP contribution in [0.25, 0.3) is 0 Å². The van der Waals surface area contributed by atoms with Gasteiger partial charge in [0, 0.05) is 3.57 Å². The van der Waals surface area contributed by atoms with Gasteiger partial charge in [-0.3, -0.25) is 4.72 Å². The molecule has 7 heteroatoms. The average molecular weight is 333 g/mol. The third kappa shape index (κ3) is 2.77. The van der Waals surface area contributed by atoms with Crippen molar-refractivity contribution < 1.29 is 17.2 Å². The van der Waals surface area contributed by atoms with Crippen LogP contribution >= 0.6 is 22.6 Å². The molecule has 0 saturated carbocycles. The second-order valence-corrected chi connectivity index (χ2v) is 5.20. The first kappa shape index (κ1) is 11.6. The smallest absolute Gasteiger partial charge is 0.278 e. The third-order valence-corrected chi connectivity index (χ3v) is 3.27. The fourth-order valence-corrected chi connectivity index (χ4v) is 2.02. The summed E-state index contributed by atoms with van der Waals surface area (Å²) in [4.78, 5) is 0. The van der Waals surface area contributed by atoms with E-state index in [1.807, 2.05) is 22.6 Å². The summed E-state index contributed by atoms with van der Waals surface area (Å²) in [7, 11) is -4.56. The van der Waals surface area contributed by atoms with Crippen LogP contribution in [0.4, 0.5) is 14.5 Å². The van der Waals surface area contributed by atoms with Crippen molar-refractivity contribution in [1.82, 2.24) is 0 Å². The number of rotatable bonds is 3. The predicted octanol–water partition coefficient (Wildman–Crippen LogP) is 2.26. The molecule has 0 atom stereocenters. The van der Waals surface area contributed by atoms with Crippen molar-refractivity contribution in [3.05, 3.63) is 27.8 Å². The lowest BCUT2D eigenvalue weighted by Crippen LogP contribution is -2.20. The predicted molar refractivity (Wildman–Crippen MR) is 57.7 cm³/mol. The van der Waals surface area contributed by atoms with Gasteiger partial charge in [0.1, 0.15) is 0 Å². The molecule has 1 rings (SSSR count).